The second kappa shape index (κ2) is 5.10. The Bertz CT molecular complexity index is 842. The summed E-state index contributed by atoms with van der Waals surface area (Å²) in [7, 11) is 1.87. The molecule has 2 aromatic carbocycles. The highest BCUT2D eigenvalue weighted by Crippen LogP contribution is 2.28. The number of hydrogen-bond acceptors (Lipinski definition) is 3. The first-order valence-corrected chi connectivity index (χ1v) is 6.64. The largest absolute Gasteiger partial charge is 0.478 e. The predicted molar refractivity (Wildman–Crippen MR) is 82.4 cm³/mol. The summed E-state index contributed by atoms with van der Waals surface area (Å²) in [4.78, 5) is 11.0. The third-order valence-corrected chi connectivity index (χ3v) is 3.57. The van der Waals surface area contributed by atoms with Gasteiger partial charge >= 0.3 is 5.97 Å². The molecule has 0 saturated heterocycles. The lowest BCUT2D eigenvalue weighted by Crippen LogP contribution is -1.99. The topological polar surface area (TPSA) is 67.2 Å². The van der Waals surface area contributed by atoms with E-state index in [2.05, 4.69) is 10.4 Å². The van der Waals surface area contributed by atoms with E-state index < -0.39 is 5.97 Å². The van der Waals surface area contributed by atoms with Crippen molar-refractivity contribution in [3.8, 4) is 0 Å². The number of aromatic carboxylic acids is 1. The minimum atomic E-state index is -0.989. The molecule has 3 rings (SSSR count). The standard InChI is InChI=1S/C15H12ClN3O2/c1-19-14-7-11(4-2-10(14)8-17-19)18-13-6-9(15(20)21)3-5-12(13)16/h2-8,18H,1H3,(H,20,21). The van der Waals surface area contributed by atoms with E-state index in [9.17, 15) is 4.79 Å². The molecular formula is C15H12ClN3O2. The van der Waals surface area contributed by atoms with Crippen LogP contribution in [0.4, 0.5) is 11.4 Å². The third-order valence-electron chi connectivity index (χ3n) is 3.24. The first-order chi connectivity index (χ1) is 10.0. The number of fused-ring (bicyclic) bond motifs is 1. The average Bonchev–Trinajstić information content (AvgIpc) is 2.82. The van der Waals surface area contributed by atoms with Crippen molar-refractivity contribution in [2.45, 2.75) is 0 Å². The van der Waals surface area contributed by atoms with E-state index in [0.717, 1.165) is 16.6 Å². The van der Waals surface area contributed by atoms with Crippen LogP contribution in [0.2, 0.25) is 5.02 Å². The third kappa shape index (κ3) is 2.55. The van der Waals surface area contributed by atoms with Gasteiger partial charge in [-0.25, -0.2) is 4.79 Å². The van der Waals surface area contributed by atoms with Crippen molar-refractivity contribution in [3.63, 3.8) is 0 Å². The zero-order chi connectivity index (χ0) is 15.0. The number of rotatable bonds is 3. The molecule has 0 saturated carbocycles. The molecule has 6 heteroatoms. The molecule has 0 atom stereocenters. The Morgan fingerprint density at radius 1 is 1.29 bits per heavy atom. The van der Waals surface area contributed by atoms with Gasteiger partial charge in [-0.15, -0.1) is 0 Å². The maximum Gasteiger partial charge on any atom is 0.335 e. The van der Waals surface area contributed by atoms with E-state index in [4.69, 9.17) is 16.7 Å². The van der Waals surface area contributed by atoms with Gasteiger partial charge in [-0.3, -0.25) is 4.68 Å². The SMILES string of the molecule is Cn1ncc2ccc(Nc3cc(C(=O)O)ccc3Cl)cc21. The van der Waals surface area contributed by atoms with E-state index in [0.29, 0.717) is 10.7 Å². The van der Waals surface area contributed by atoms with Crippen molar-refractivity contribution in [3.05, 3.63) is 53.2 Å². The molecule has 0 aliphatic heterocycles. The van der Waals surface area contributed by atoms with Gasteiger partial charge in [0, 0.05) is 18.1 Å². The Balaban J connectivity index is 1.99. The number of aromatic nitrogens is 2. The molecule has 1 heterocycles. The zero-order valence-electron chi connectivity index (χ0n) is 11.2. The molecule has 0 spiro atoms. The van der Waals surface area contributed by atoms with E-state index >= 15 is 0 Å². The molecule has 1 aromatic heterocycles. The lowest BCUT2D eigenvalue weighted by molar-refractivity contribution is 0.0697. The van der Waals surface area contributed by atoms with Gasteiger partial charge in [0.25, 0.3) is 0 Å². The second-order valence-electron chi connectivity index (χ2n) is 4.67. The van der Waals surface area contributed by atoms with E-state index in [1.165, 1.54) is 12.1 Å². The van der Waals surface area contributed by atoms with Crippen molar-refractivity contribution in [1.29, 1.82) is 0 Å². The number of carboxylic acid groups (broad SMARTS) is 1. The maximum atomic E-state index is 11.0. The first kappa shape index (κ1) is 13.5. The highest BCUT2D eigenvalue weighted by Gasteiger charge is 2.08. The molecule has 0 radical (unpaired) electrons. The van der Waals surface area contributed by atoms with Crippen LogP contribution in [0.25, 0.3) is 10.9 Å². The molecule has 2 N–H and O–H groups in total. The summed E-state index contributed by atoms with van der Waals surface area (Å²) < 4.78 is 1.77. The van der Waals surface area contributed by atoms with Crippen LogP contribution in [0.1, 0.15) is 10.4 Å². The number of benzene rings is 2. The number of halogens is 1. The Hall–Kier alpha value is -2.53. The fourth-order valence-electron chi connectivity index (χ4n) is 2.13. The summed E-state index contributed by atoms with van der Waals surface area (Å²) in [5.41, 5.74) is 2.53. The maximum absolute atomic E-state index is 11.0. The van der Waals surface area contributed by atoms with E-state index in [-0.39, 0.29) is 5.56 Å². The van der Waals surface area contributed by atoms with Gasteiger partial charge in [0.1, 0.15) is 0 Å². The number of nitrogens with one attached hydrogen (secondary N) is 1. The van der Waals surface area contributed by atoms with Gasteiger partial charge in [-0.2, -0.15) is 5.10 Å². The fraction of sp³-hybridized carbons (Fsp3) is 0.0667. The van der Waals surface area contributed by atoms with E-state index in [1.807, 2.05) is 25.2 Å². The number of aryl methyl sites for hydroxylation is 1. The summed E-state index contributed by atoms with van der Waals surface area (Å²) in [6.45, 7) is 0. The van der Waals surface area contributed by atoms with Gasteiger partial charge in [0.2, 0.25) is 0 Å². The molecule has 0 fully saturated rings. The summed E-state index contributed by atoms with van der Waals surface area (Å²) >= 11 is 6.11. The molecule has 0 bridgehead atoms. The minimum absolute atomic E-state index is 0.184. The highest BCUT2D eigenvalue weighted by molar-refractivity contribution is 6.33. The highest BCUT2D eigenvalue weighted by atomic mass is 35.5. The Kier molecular flexibility index (Phi) is 3.27. The van der Waals surface area contributed by atoms with Crippen LogP contribution in [0, 0.1) is 0 Å². The summed E-state index contributed by atoms with van der Waals surface area (Å²) in [6.07, 6.45) is 1.79. The molecule has 21 heavy (non-hydrogen) atoms. The van der Waals surface area contributed by atoms with Crippen molar-refractivity contribution in [2.24, 2.45) is 7.05 Å². The molecular weight excluding hydrogens is 290 g/mol. The van der Waals surface area contributed by atoms with Crippen LogP contribution >= 0.6 is 11.6 Å². The van der Waals surface area contributed by atoms with Crippen molar-refractivity contribution >= 4 is 39.8 Å². The fourth-order valence-corrected chi connectivity index (χ4v) is 2.30. The number of carbonyl (C=O) groups is 1. The van der Waals surface area contributed by atoms with Crippen molar-refractivity contribution < 1.29 is 9.90 Å². The van der Waals surface area contributed by atoms with Crippen LogP contribution in [-0.2, 0) is 7.05 Å². The molecule has 3 aromatic rings. The van der Waals surface area contributed by atoms with Gasteiger partial charge in [0.05, 0.1) is 28.0 Å². The second-order valence-corrected chi connectivity index (χ2v) is 5.07. The minimum Gasteiger partial charge on any atom is -0.478 e. The van der Waals surface area contributed by atoms with Crippen LogP contribution in [0.15, 0.2) is 42.6 Å². The first-order valence-electron chi connectivity index (χ1n) is 6.26. The normalized spacial score (nSPS) is 10.8. The van der Waals surface area contributed by atoms with Gasteiger partial charge in [-0.05, 0) is 36.4 Å². The molecule has 0 aliphatic rings. The van der Waals surface area contributed by atoms with Gasteiger partial charge in [-0.1, -0.05) is 11.6 Å². The number of anilines is 2. The molecule has 5 nitrogen and oxygen atoms in total. The van der Waals surface area contributed by atoms with Gasteiger partial charge < -0.3 is 10.4 Å². The summed E-state index contributed by atoms with van der Waals surface area (Å²) in [5, 5.41) is 17.9. The number of carboxylic acids is 1. The predicted octanol–water partition coefficient (Wildman–Crippen LogP) is 3.67. The zero-order valence-corrected chi connectivity index (χ0v) is 11.9. The number of nitrogens with zero attached hydrogens (tertiary/aromatic N) is 2. The molecule has 0 amide bonds. The van der Waals surface area contributed by atoms with Crippen molar-refractivity contribution in [1.82, 2.24) is 9.78 Å². The summed E-state index contributed by atoms with van der Waals surface area (Å²) in [6, 6.07) is 10.3. The lowest BCUT2D eigenvalue weighted by atomic mass is 10.2. The Labute approximate surface area is 125 Å². The van der Waals surface area contributed by atoms with Crippen LogP contribution in [-0.4, -0.2) is 20.9 Å². The van der Waals surface area contributed by atoms with Crippen LogP contribution < -0.4 is 5.32 Å². The molecule has 0 unspecified atom stereocenters. The average molecular weight is 302 g/mol. The number of hydrogen-bond donors (Lipinski definition) is 2. The lowest BCUT2D eigenvalue weighted by Gasteiger charge is -2.10. The van der Waals surface area contributed by atoms with E-state index in [1.54, 1.807) is 16.9 Å². The quantitative estimate of drug-likeness (QED) is 0.774. The molecule has 0 aliphatic carbocycles. The summed E-state index contributed by atoms with van der Waals surface area (Å²) in [5.74, 6) is -0.989. The smallest absolute Gasteiger partial charge is 0.335 e. The molecule has 106 valence electrons. The van der Waals surface area contributed by atoms with Crippen LogP contribution in [0.3, 0.4) is 0 Å². The Morgan fingerprint density at radius 2 is 2.10 bits per heavy atom. The van der Waals surface area contributed by atoms with Crippen LogP contribution in [0.5, 0.6) is 0 Å². The van der Waals surface area contributed by atoms with Gasteiger partial charge in [0.15, 0.2) is 0 Å². The van der Waals surface area contributed by atoms with Crippen molar-refractivity contribution in [2.75, 3.05) is 5.32 Å². The Morgan fingerprint density at radius 3 is 2.86 bits per heavy atom. The monoisotopic (exact) mass is 301 g/mol.